The third kappa shape index (κ3) is 5.63. The van der Waals surface area contributed by atoms with Gasteiger partial charge >= 0.3 is 0 Å². The van der Waals surface area contributed by atoms with Crippen LogP contribution in [0.15, 0.2) is 115 Å². The standard InChI is InChI=1S/C36H38N4O3Si/c1-36(2,3)44(29-13-6-4-7-14-29,30-15-8-5-9-16-30)43-28-20-18-27(19-21-28)40-25-32(33(41)31-17-11-23-38-34(31)40)35(42)39-26-12-10-22-37-24-26/h4-17,22-25,27-28H,18-21H2,1-3H3,(H,39,42). The van der Waals surface area contributed by atoms with E-state index in [4.69, 9.17) is 4.43 Å². The zero-order chi connectivity index (χ0) is 30.7. The molecule has 0 atom stereocenters. The molecule has 224 valence electrons. The molecule has 0 bridgehead atoms. The lowest BCUT2D eigenvalue weighted by Gasteiger charge is -2.46. The monoisotopic (exact) mass is 602 g/mol. The highest BCUT2D eigenvalue weighted by Crippen LogP contribution is 2.40. The van der Waals surface area contributed by atoms with Gasteiger partial charge in [0.05, 0.1) is 17.3 Å². The van der Waals surface area contributed by atoms with E-state index >= 15 is 0 Å². The van der Waals surface area contributed by atoms with E-state index in [2.05, 4.69) is 96.7 Å². The molecule has 1 saturated carbocycles. The summed E-state index contributed by atoms with van der Waals surface area (Å²) in [6.07, 6.45) is 10.1. The third-order valence-corrected chi connectivity index (χ3v) is 13.8. The molecule has 0 saturated heterocycles. The van der Waals surface area contributed by atoms with Crippen LogP contribution in [0.4, 0.5) is 5.69 Å². The Kier molecular flexibility index (Phi) is 8.29. The van der Waals surface area contributed by atoms with Crippen LogP contribution in [0.2, 0.25) is 5.04 Å². The fourth-order valence-electron chi connectivity index (χ4n) is 6.64. The van der Waals surface area contributed by atoms with Gasteiger partial charge in [0.2, 0.25) is 5.43 Å². The molecule has 1 amide bonds. The maximum atomic E-state index is 13.4. The van der Waals surface area contributed by atoms with Gasteiger partial charge in [-0.2, -0.15) is 0 Å². The lowest BCUT2D eigenvalue weighted by atomic mass is 9.92. The Balaban J connectivity index is 1.30. The molecule has 1 fully saturated rings. The molecule has 0 aliphatic heterocycles. The SMILES string of the molecule is CC(C)(C)[Si](OC1CCC(n2cc(C(=O)Nc3cccnc3)c(=O)c3cccnc32)CC1)(c1ccccc1)c1ccccc1. The van der Waals surface area contributed by atoms with E-state index < -0.39 is 14.2 Å². The largest absolute Gasteiger partial charge is 0.404 e. The summed E-state index contributed by atoms with van der Waals surface area (Å²) in [5, 5.41) is 5.72. The van der Waals surface area contributed by atoms with Gasteiger partial charge in [0.1, 0.15) is 11.2 Å². The number of nitrogens with zero attached hydrogens (tertiary/aromatic N) is 3. The molecule has 44 heavy (non-hydrogen) atoms. The summed E-state index contributed by atoms with van der Waals surface area (Å²) in [5.41, 5.74) is 0.914. The van der Waals surface area contributed by atoms with E-state index in [1.165, 1.54) is 10.4 Å². The fourth-order valence-corrected chi connectivity index (χ4v) is 11.4. The van der Waals surface area contributed by atoms with Crippen LogP contribution < -0.4 is 21.1 Å². The second-order valence-electron chi connectivity index (χ2n) is 12.6. The maximum absolute atomic E-state index is 13.4. The molecule has 0 unspecified atom stereocenters. The van der Waals surface area contributed by atoms with Crippen molar-refractivity contribution in [2.75, 3.05) is 5.32 Å². The first-order chi connectivity index (χ1) is 21.3. The lowest BCUT2D eigenvalue weighted by molar-refractivity contribution is 0.102. The van der Waals surface area contributed by atoms with Crippen molar-refractivity contribution in [3.8, 4) is 0 Å². The van der Waals surface area contributed by atoms with Crippen molar-refractivity contribution in [2.24, 2.45) is 0 Å². The Hall–Kier alpha value is -4.40. The van der Waals surface area contributed by atoms with Crippen LogP contribution >= 0.6 is 0 Å². The molecule has 5 aromatic rings. The number of pyridine rings is 3. The number of anilines is 1. The van der Waals surface area contributed by atoms with Crippen LogP contribution in [0.5, 0.6) is 0 Å². The minimum absolute atomic E-state index is 0.0805. The lowest BCUT2D eigenvalue weighted by Crippen LogP contribution is -2.67. The van der Waals surface area contributed by atoms with Crippen molar-refractivity contribution in [3.05, 3.63) is 126 Å². The van der Waals surface area contributed by atoms with Crippen molar-refractivity contribution in [1.82, 2.24) is 14.5 Å². The van der Waals surface area contributed by atoms with Crippen LogP contribution in [-0.4, -0.2) is 34.9 Å². The first-order valence-electron chi connectivity index (χ1n) is 15.3. The van der Waals surface area contributed by atoms with E-state index in [1.807, 2.05) is 4.57 Å². The predicted octanol–water partition coefficient (Wildman–Crippen LogP) is 6.10. The van der Waals surface area contributed by atoms with E-state index in [-0.39, 0.29) is 28.2 Å². The van der Waals surface area contributed by atoms with Crippen LogP contribution in [0, 0.1) is 0 Å². The highest BCUT2D eigenvalue weighted by molar-refractivity contribution is 6.99. The number of amides is 1. The molecule has 1 aliphatic rings. The van der Waals surface area contributed by atoms with Crippen molar-refractivity contribution >= 4 is 41.3 Å². The van der Waals surface area contributed by atoms with Gasteiger partial charge in [0, 0.05) is 30.7 Å². The Bertz CT molecular complexity index is 1760. The van der Waals surface area contributed by atoms with Gasteiger partial charge in [-0.25, -0.2) is 4.98 Å². The summed E-state index contributed by atoms with van der Waals surface area (Å²) in [6, 6.07) is 28.6. The Morgan fingerprint density at radius 3 is 2.09 bits per heavy atom. The molecule has 1 aliphatic carbocycles. The number of rotatable bonds is 7. The van der Waals surface area contributed by atoms with Gasteiger partial charge in [0.15, 0.2) is 0 Å². The van der Waals surface area contributed by atoms with Crippen LogP contribution in [0.3, 0.4) is 0 Å². The van der Waals surface area contributed by atoms with E-state index in [0.717, 1.165) is 25.7 Å². The molecular weight excluding hydrogens is 565 g/mol. The third-order valence-electron chi connectivity index (χ3n) is 8.75. The van der Waals surface area contributed by atoms with Crippen LogP contribution in [-0.2, 0) is 4.43 Å². The molecule has 3 heterocycles. The normalized spacial score (nSPS) is 17.3. The van der Waals surface area contributed by atoms with Crippen LogP contribution in [0.25, 0.3) is 11.0 Å². The number of hydrogen-bond acceptors (Lipinski definition) is 5. The second kappa shape index (κ2) is 12.3. The highest BCUT2D eigenvalue weighted by Gasteiger charge is 2.51. The average molecular weight is 603 g/mol. The fraction of sp³-hybridized carbons (Fsp3) is 0.278. The van der Waals surface area contributed by atoms with Gasteiger partial charge in [-0.3, -0.25) is 14.6 Å². The Labute approximate surface area is 259 Å². The topological polar surface area (TPSA) is 86.1 Å². The highest BCUT2D eigenvalue weighted by atomic mass is 28.4. The van der Waals surface area contributed by atoms with E-state index in [1.54, 1.807) is 49.1 Å². The minimum Gasteiger partial charge on any atom is -0.404 e. The van der Waals surface area contributed by atoms with Crippen LogP contribution in [0.1, 0.15) is 62.9 Å². The van der Waals surface area contributed by atoms with Crippen molar-refractivity contribution in [1.29, 1.82) is 0 Å². The molecule has 0 spiro atoms. The number of hydrogen-bond donors (Lipinski definition) is 1. The summed E-state index contributed by atoms with van der Waals surface area (Å²) in [6.45, 7) is 6.92. The van der Waals surface area contributed by atoms with Gasteiger partial charge in [-0.05, 0) is 65.4 Å². The summed E-state index contributed by atoms with van der Waals surface area (Å²) < 4.78 is 9.46. The average Bonchev–Trinajstić information content (AvgIpc) is 3.05. The van der Waals surface area contributed by atoms with E-state index in [0.29, 0.717) is 16.7 Å². The maximum Gasteiger partial charge on any atom is 0.261 e. The zero-order valence-electron chi connectivity index (χ0n) is 25.4. The smallest absolute Gasteiger partial charge is 0.261 e. The molecule has 7 nitrogen and oxygen atoms in total. The first-order valence-corrected chi connectivity index (χ1v) is 17.2. The molecule has 8 heteroatoms. The molecule has 1 N–H and O–H groups in total. The first kappa shape index (κ1) is 29.7. The number of fused-ring (bicyclic) bond motifs is 1. The minimum atomic E-state index is -2.67. The summed E-state index contributed by atoms with van der Waals surface area (Å²) in [5.74, 6) is -0.453. The Morgan fingerprint density at radius 1 is 0.864 bits per heavy atom. The zero-order valence-corrected chi connectivity index (χ0v) is 26.4. The molecule has 2 aromatic carbocycles. The van der Waals surface area contributed by atoms with Gasteiger partial charge in [-0.1, -0.05) is 81.4 Å². The summed E-state index contributed by atoms with van der Waals surface area (Å²) in [4.78, 5) is 35.4. The van der Waals surface area contributed by atoms with Gasteiger partial charge < -0.3 is 14.3 Å². The van der Waals surface area contributed by atoms with Crippen molar-refractivity contribution < 1.29 is 9.22 Å². The Morgan fingerprint density at radius 2 is 1.50 bits per heavy atom. The molecule has 0 radical (unpaired) electrons. The quantitative estimate of drug-likeness (QED) is 0.228. The number of benzene rings is 2. The van der Waals surface area contributed by atoms with Gasteiger partial charge in [-0.15, -0.1) is 0 Å². The van der Waals surface area contributed by atoms with Crippen molar-refractivity contribution in [3.63, 3.8) is 0 Å². The number of nitrogens with one attached hydrogen (secondary N) is 1. The number of aromatic nitrogens is 3. The molecule has 3 aromatic heterocycles. The second-order valence-corrected chi connectivity index (χ2v) is 16.8. The number of carbonyl (C=O) groups is 1. The summed E-state index contributed by atoms with van der Waals surface area (Å²) in [7, 11) is -2.67. The van der Waals surface area contributed by atoms with Gasteiger partial charge in [0.25, 0.3) is 14.2 Å². The summed E-state index contributed by atoms with van der Waals surface area (Å²) >= 11 is 0. The van der Waals surface area contributed by atoms with E-state index in [9.17, 15) is 9.59 Å². The molecular formula is C36H38N4O3Si. The molecule has 6 rings (SSSR count). The number of carbonyl (C=O) groups excluding carboxylic acids is 1. The van der Waals surface area contributed by atoms with Crippen molar-refractivity contribution in [2.45, 2.75) is 63.6 Å². The predicted molar refractivity (Wildman–Crippen MR) is 178 cm³/mol.